The van der Waals surface area contributed by atoms with E-state index >= 15 is 0 Å². The highest BCUT2D eigenvalue weighted by Gasteiger charge is 2.22. The minimum Gasteiger partial charge on any atom is -0.385 e. The highest BCUT2D eigenvalue weighted by molar-refractivity contribution is 7.89. The largest absolute Gasteiger partial charge is 0.385 e. The Hall–Kier alpha value is -1.11. The molecule has 0 atom stereocenters. The van der Waals surface area contributed by atoms with E-state index in [1.807, 2.05) is 12.1 Å². The molecular formula is C14H22N2O3S. The molecule has 0 amide bonds. The molecule has 112 valence electrons. The van der Waals surface area contributed by atoms with Crippen molar-refractivity contribution in [2.75, 3.05) is 38.3 Å². The van der Waals surface area contributed by atoms with E-state index in [2.05, 4.69) is 9.62 Å². The van der Waals surface area contributed by atoms with Crippen LogP contribution in [0.3, 0.4) is 0 Å². The number of anilines is 1. The summed E-state index contributed by atoms with van der Waals surface area (Å²) in [5, 5.41) is 0. The predicted octanol–water partition coefficient (Wildman–Crippen LogP) is 1.60. The summed E-state index contributed by atoms with van der Waals surface area (Å²) in [6.07, 6.45) is 2.91. The maximum absolute atomic E-state index is 12.4. The van der Waals surface area contributed by atoms with E-state index in [-0.39, 0.29) is 0 Å². The SMILES string of the molecule is COCCCNS(=O)(=O)c1ccccc1N1CCCC1. The Kier molecular flexibility index (Phi) is 5.39. The summed E-state index contributed by atoms with van der Waals surface area (Å²) in [4.78, 5) is 2.52. The maximum atomic E-state index is 12.4. The lowest BCUT2D eigenvalue weighted by molar-refractivity contribution is 0.196. The zero-order chi connectivity index (χ0) is 14.4. The van der Waals surface area contributed by atoms with Crippen molar-refractivity contribution in [3.63, 3.8) is 0 Å². The van der Waals surface area contributed by atoms with Gasteiger partial charge in [-0.05, 0) is 31.4 Å². The van der Waals surface area contributed by atoms with Crippen LogP contribution in [0.15, 0.2) is 29.2 Å². The van der Waals surface area contributed by atoms with E-state index in [1.165, 1.54) is 0 Å². The van der Waals surface area contributed by atoms with Crippen LogP contribution in [0.5, 0.6) is 0 Å². The van der Waals surface area contributed by atoms with Gasteiger partial charge >= 0.3 is 0 Å². The lowest BCUT2D eigenvalue weighted by Crippen LogP contribution is -2.28. The predicted molar refractivity (Wildman–Crippen MR) is 79.6 cm³/mol. The Balaban J connectivity index is 2.14. The number of nitrogens with one attached hydrogen (secondary N) is 1. The second kappa shape index (κ2) is 7.06. The van der Waals surface area contributed by atoms with Crippen molar-refractivity contribution in [2.45, 2.75) is 24.2 Å². The van der Waals surface area contributed by atoms with Gasteiger partial charge in [-0.25, -0.2) is 13.1 Å². The van der Waals surface area contributed by atoms with Gasteiger partial charge in [0.15, 0.2) is 0 Å². The van der Waals surface area contributed by atoms with Gasteiger partial charge in [0.25, 0.3) is 0 Å². The quantitative estimate of drug-likeness (QED) is 0.777. The Labute approximate surface area is 121 Å². The molecule has 1 aromatic rings. The van der Waals surface area contributed by atoms with Crippen molar-refractivity contribution in [1.82, 2.24) is 4.72 Å². The summed E-state index contributed by atoms with van der Waals surface area (Å²) in [6, 6.07) is 7.21. The van der Waals surface area contributed by atoms with Crippen molar-refractivity contribution in [2.24, 2.45) is 0 Å². The lowest BCUT2D eigenvalue weighted by atomic mass is 10.3. The topological polar surface area (TPSA) is 58.6 Å². The summed E-state index contributed by atoms with van der Waals surface area (Å²) >= 11 is 0. The van der Waals surface area contributed by atoms with E-state index in [1.54, 1.807) is 19.2 Å². The molecule has 0 radical (unpaired) electrons. The van der Waals surface area contributed by atoms with Crippen molar-refractivity contribution in [3.8, 4) is 0 Å². The molecule has 1 aromatic carbocycles. The highest BCUT2D eigenvalue weighted by atomic mass is 32.2. The number of nitrogens with zero attached hydrogens (tertiary/aromatic N) is 1. The van der Waals surface area contributed by atoms with Crippen LogP contribution in [-0.2, 0) is 14.8 Å². The molecule has 6 heteroatoms. The zero-order valence-electron chi connectivity index (χ0n) is 11.8. The van der Waals surface area contributed by atoms with Gasteiger partial charge < -0.3 is 9.64 Å². The molecule has 1 N–H and O–H groups in total. The monoisotopic (exact) mass is 298 g/mol. The number of benzene rings is 1. The Morgan fingerprint density at radius 3 is 2.65 bits per heavy atom. The second-order valence-corrected chi connectivity index (χ2v) is 6.64. The normalized spacial score (nSPS) is 15.8. The molecule has 1 fully saturated rings. The van der Waals surface area contributed by atoms with E-state index < -0.39 is 10.0 Å². The molecule has 0 aliphatic carbocycles. The third-order valence-corrected chi connectivity index (χ3v) is 4.93. The fourth-order valence-corrected chi connectivity index (χ4v) is 3.70. The minimum atomic E-state index is -3.46. The number of methoxy groups -OCH3 is 1. The van der Waals surface area contributed by atoms with Crippen LogP contribution < -0.4 is 9.62 Å². The molecule has 0 bridgehead atoms. The Morgan fingerprint density at radius 2 is 1.95 bits per heavy atom. The number of para-hydroxylation sites is 1. The van der Waals surface area contributed by atoms with Crippen molar-refractivity contribution >= 4 is 15.7 Å². The molecule has 0 aromatic heterocycles. The highest BCUT2D eigenvalue weighted by Crippen LogP contribution is 2.27. The fraction of sp³-hybridized carbons (Fsp3) is 0.571. The molecule has 0 unspecified atom stereocenters. The van der Waals surface area contributed by atoms with Gasteiger partial charge in [0, 0.05) is 33.4 Å². The zero-order valence-corrected chi connectivity index (χ0v) is 12.7. The van der Waals surface area contributed by atoms with Gasteiger partial charge in [0.1, 0.15) is 4.90 Å². The summed E-state index contributed by atoms with van der Waals surface area (Å²) in [6.45, 7) is 2.80. The first-order valence-corrected chi connectivity index (χ1v) is 8.46. The van der Waals surface area contributed by atoms with Crippen LogP contribution in [0.1, 0.15) is 19.3 Å². The molecule has 20 heavy (non-hydrogen) atoms. The molecule has 2 rings (SSSR count). The van der Waals surface area contributed by atoms with Crippen LogP contribution in [0.4, 0.5) is 5.69 Å². The van der Waals surface area contributed by atoms with Gasteiger partial charge in [0.2, 0.25) is 10.0 Å². The van der Waals surface area contributed by atoms with Crippen LogP contribution in [0, 0.1) is 0 Å². The number of rotatable bonds is 7. The fourth-order valence-electron chi connectivity index (χ4n) is 2.40. The summed E-state index contributed by atoms with van der Waals surface area (Å²) in [5.41, 5.74) is 0.809. The number of hydrogen-bond donors (Lipinski definition) is 1. The first kappa shape index (κ1) is 15.3. The lowest BCUT2D eigenvalue weighted by Gasteiger charge is -2.21. The third kappa shape index (κ3) is 3.71. The second-order valence-electron chi connectivity index (χ2n) is 4.91. The third-order valence-electron chi connectivity index (χ3n) is 3.42. The van der Waals surface area contributed by atoms with Gasteiger partial charge in [-0.3, -0.25) is 0 Å². The van der Waals surface area contributed by atoms with Crippen molar-refractivity contribution < 1.29 is 13.2 Å². The summed E-state index contributed by atoms with van der Waals surface area (Å²) in [5.74, 6) is 0. The van der Waals surface area contributed by atoms with E-state index in [0.29, 0.717) is 24.5 Å². The summed E-state index contributed by atoms with van der Waals surface area (Å²) < 4.78 is 32.4. The van der Waals surface area contributed by atoms with Crippen molar-refractivity contribution in [3.05, 3.63) is 24.3 Å². The molecule has 0 spiro atoms. The van der Waals surface area contributed by atoms with Gasteiger partial charge in [0.05, 0.1) is 5.69 Å². The van der Waals surface area contributed by atoms with E-state index in [0.717, 1.165) is 31.6 Å². The van der Waals surface area contributed by atoms with Crippen LogP contribution >= 0.6 is 0 Å². The maximum Gasteiger partial charge on any atom is 0.242 e. The summed E-state index contributed by atoms with van der Waals surface area (Å²) in [7, 11) is -1.85. The molecule has 1 heterocycles. The number of ether oxygens (including phenoxy) is 1. The molecular weight excluding hydrogens is 276 g/mol. The van der Waals surface area contributed by atoms with Crippen LogP contribution in [0.25, 0.3) is 0 Å². The molecule has 0 saturated carbocycles. The molecule has 1 aliphatic rings. The molecule has 1 saturated heterocycles. The van der Waals surface area contributed by atoms with Gasteiger partial charge in [-0.1, -0.05) is 12.1 Å². The van der Waals surface area contributed by atoms with Gasteiger partial charge in [-0.2, -0.15) is 0 Å². The standard InChI is InChI=1S/C14H22N2O3S/c1-19-12-6-9-15-20(17,18)14-8-3-2-7-13(14)16-10-4-5-11-16/h2-3,7-8,15H,4-6,9-12H2,1H3. The molecule has 1 aliphatic heterocycles. The first-order chi connectivity index (χ1) is 9.65. The number of sulfonamides is 1. The Morgan fingerprint density at radius 1 is 1.25 bits per heavy atom. The first-order valence-electron chi connectivity index (χ1n) is 6.98. The number of hydrogen-bond acceptors (Lipinski definition) is 4. The average molecular weight is 298 g/mol. The van der Waals surface area contributed by atoms with Crippen LogP contribution in [-0.4, -0.2) is 41.8 Å². The average Bonchev–Trinajstić information content (AvgIpc) is 2.98. The van der Waals surface area contributed by atoms with Gasteiger partial charge in [-0.15, -0.1) is 0 Å². The molecule has 5 nitrogen and oxygen atoms in total. The van der Waals surface area contributed by atoms with Crippen molar-refractivity contribution in [1.29, 1.82) is 0 Å². The minimum absolute atomic E-state index is 0.374. The van der Waals surface area contributed by atoms with Crippen LogP contribution in [0.2, 0.25) is 0 Å². The van der Waals surface area contributed by atoms with E-state index in [4.69, 9.17) is 4.74 Å². The Bertz CT molecular complexity index is 525. The van der Waals surface area contributed by atoms with E-state index in [9.17, 15) is 8.42 Å². The smallest absolute Gasteiger partial charge is 0.242 e.